The quantitative estimate of drug-likeness (QED) is 0.814. The number of carbonyl (C=O) groups excluding carboxylic acids is 2. The third-order valence-electron chi connectivity index (χ3n) is 6.68. The Hall–Kier alpha value is -1.84. The van der Waals surface area contributed by atoms with Gasteiger partial charge in [0.1, 0.15) is 0 Å². The van der Waals surface area contributed by atoms with Crippen LogP contribution in [0.5, 0.6) is 0 Å². The minimum Gasteiger partial charge on any atom is -0.342 e. The summed E-state index contributed by atoms with van der Waals surface area (Å²) in [7, 11) is 0. The van der Waals surface area contributed by atoms with Gasteiger partial charge in [0.2, 0.25) is 11.8 Å². The normalized spacial score (nSPS) is 26.4. The topological polar surface area (TPSA) is 40.6 Å². The number of hydrogen-bond donors (Lipinski definition) is 0. The SMILES string of the molecule is O=C(C1CCC1)N1CC[C@@]2(CCCN(CCCc3ccccc3)C2=O)C1. The van der Waals surface area contributed by atoms with E-state index >= 15 is 0 Å². The first kappa shape index (κ1) is 17.6. The van der Waals surface area contributed by atoms with Crippen LogP contribution in [0.2, 0.25) is 0 Å². The van der Waals surface area contributed by atoms with Gasteiger partial charge in [-0.15, -0.1) is 0 Å². The van der Waals surface area contributed by atoms with Crippen molar-refractivity contribution in [1.82, 2.24) is 9.80 Å². The van der Waals surface area contributed by atoms with Crippen molar-refractivity contribution in [3.05, 3.63) is 35.9 Å². The van der Waals surface area contributed by atoms with Crippen LogP contribution in [0.15, 0.2) is 30.3 Å². The van der Waals surface area contributed by atoms with Gasteiger partial charge in [-0.3, -0.25) is 9.59 Å². The number of rotatable bonds is 5. The van der Waals surface area contributed by atoms with E-state index in [0.717, 1.165) is 64.6 Å². The molecule has 1 aliphatic carbocycles. The minimum atomic E-state index is -0.287. The molecule has 0 bridgehead atoms. The summed E-state index contributed by atoms with van der Waals surface area (Å²) >= 11 is 0. The van der Waals surface area contributed by atoms with Crippen LogP contribution in [0.1, 0.15) is 50.5 Å². The van der Waals surface area contributed by atoms with Crippen molar-refractivity contribution in [2.24, 2.45) is 11.3 Å². The lowest BCUT2D eigenvalue weighted by atomic mass is 9.78. The molecule has 1 atom stereocenters. The second-order valence-electron chi connectivity index (χ2n) is 8.40. The summed E-state index contributed by atoms with van der Waals surface area (Å²) in [6, 6.07) is 10.5. The van der Waals surface area contributed by atoms with Gasteiger partial charge in [0.05, 0.1) is 5.41 Å². The monoisotopic (exact) mass is 354 g/mol. The number of amides is 2. The maximum absolute atomic E-state index is 13.2. The Labute approximate surface area is 156 Å². The summed E-state index contributed by atoms with van der Waals surface area (Å²) < 4.78 is 0. The molecule has 2 aliphatic heterocycles. The van der Waals surface area contributed by atoms with E-state index in [9.17, 15) is 9.59 Å². The van der Waals surface area contributed by atoms with E-state index in [1.54, 1.807) is 0 Å². The van der Waals surface area contributed by atoms with Crippen LogP contribution in [0.3, 0.4) is 0 Å². The first-order chi connectivity index (χ1) is 12.7. The lowest BCUT2D eigenvalue weighted by Gasteiger charge is -2.39. The Balaban J connectivity index is 1.33. The molecule has 2 amide bonds. The van der Waals surface area contributed by atoms with E-state index in [0.29, 0.717) is 18.4 Å². The van der Waals surface area contributed by atoms with Crippen molar-refractivity contribution in [1.29, 1.82) is 0 Å². The van der Waals surface area contributed by atoms with E-state index < -0.39 is 0 Å². The molecule has 4 heteroatoms. The van der Waals surface area contributed by atoms with Gasteiger partial charge in [-0.05, 0) is 50.5 Å². The highest BCUT2D eigenvalue weighted by Gasteiger charge is 2.50. The molecule has 4 nitrogen and oxygen atoms in total. The van der Waals surface area contributed by atoms with Gasteiger partial charge < -0.3 is 9.80 Å². The van der Waals surface area contributed by atoms with Gasteiger partial charge in [-0.25, -0.2) is 0 Å². The largest absolute Gasteiger partial charge is 0.342 e. The number of benzene rings is 1. The summed E-state index contributed by atoms with van der Waals surface area (Å²) in [5.41, 5.74) is 1.05. The molecule has 0 radical (unpaired) electrons. The van der Waals surface area contributed by atoms with Gasteiger partial charge in [0, 0.05) is 32.1 Å². The number of nitrogens with zero attached hydrogens (tertiary/aromatic N) is 2. The Bertz CT molecular complexity index is 655. The van der Waals surface area contributed by atoms with Gasteiger partial charge in [0.25, 0.3) is 0 Å². The summed E-state index contributed by atoms with van der Waals surface area (Å²) in [5.74, 6) is 0.855. The molecule has 26 heavy (non-hydrogen) atoms. The summed E-state index contributed by atoms with van der Waals surface area (Å²) in [6.07, 6.45) is 8.19. The fraction of sp³-hybridized carbons (Fsp3) is 0.636. The molecular formula is C22H30N2O2. The maximum Gasteiger partial charge on any atom is 0.230 e. The van der Waals surface area contributed by atoms with Crippen LogP contribution >= 0.6 is 0 Å². The zero-order chi connectivity index (χ0) is 18.0. The fourth-order valence-corrected chi connectivity index (χ4v) is 4.84. The first-order valence-electron chi connectivity index (χ1n) is 10.3. The molecule has 4 rings (SSSR count). The number of aryl methyl sites for hydroxylation is 1. The average Bonchev–Trinajstić information content (AvgIpc) is 3.03. The number of carbonyl (C=O) groups is 2. The third-order valence-corrected chi connectivity index (χ3v) is 6.68. The highest BCUT2D eigenvalue weighted by molar-refractivity contribution is 5.86. The van der Waals surface area contributed by atoms with Crippen LogP contribution in [0, 0.1) is 11.3 Å². The Kier molecular flexibility index (Phi) is 5.01. The van der Waals surface area contributed by atoms with Gasteiger partial charge >= 0.3 is 0 Å². The molecule has 1 spiro atoms. The van der Waals surface area contributed by atoms with E-state index in [4.69, 9.17) is 0 Å². The van der Waals surface area contributed by atoms with E-state index in [2.05, 4.69) is 29.2 Å². The third kappa shape index (κ3) is 3.38. The molecule has 0 aromatic heterocycles. The second kappa shape index (κ2) is 7.42. The fourth-order valence-electron chi connectivity index (χ4n) is 4.84. The van der Waals surface area contributed by atoms with Crippen molar-refractivity contribution >= 4 is 11.8 Å². The predicted molar refractivity (Wildman–Crippen MR) is 102 cm³/mol. The summed E-state index contributed by atoms with van der Waals surface area (Å²) in [6.45, 7) is 3.16. The van der Waals surface area contributed by atoms with Crippen LogP contribution in [0.25, 0.3) is 0 Å². The van der Waals surface area contributed by atoms with Gasteiger partial charge in [-0.1, -0.05) is 36.8 Å². The Morgan fingerprint density at radius 3 is 2.62 bits per heavy atom. The Morgan fingerprint density at radius 1 is 1.08 bits per heavy atom. The van der Waals surface area contributed by atoms with Crippen LogP contribution < -0.4 is 0 Å². The molecule has 1 saturated carbocycles. The lowest BCUT2D eigenvalue weighted by Crippen LogP contribution is -2.51. The molecule has 0 unspecified atom stereocenters. The van der Waals surface area contributed by atoms with Gasteiger partial charge in [0.15, 0.2) is 0 Å². The van der Waals surface area contributed by atoms with Crippen LogP contribution in [0.4, 0.5) is 0 Å². The van der Waals surface area contributed by atoms with Crippen molar-refractivity contribution in [2.45, 2.75) is 51.4 Å². The molecule has 3 fully saturated rings. The zero-order valence-corrected chi connectivity index (χ0v) is 15.7. The van der Waals surface area contributed by atoms with E-state index in [-0.39, 0.29) is 11.3 Å². The number of likely N-dealkylation sites (tertiary alicyclic amines) is 2. The van der Waals surface area contributed by atoms with E-state index in [1.807, 2.05) is 11.0 Å². The van der Waals surface area contributed by atoms with Crippen molar-refractivity contribution in [3.63, 3.8) is 0 Å². The Morgan fingerprint density at radius 2 is 1.88 bits per heavy atom. The number of hydrogen-bond acceptors (Lipinski definition) is 2. The van der Waals surface area contributed by atoms with Crippen LogP contribution in [-0.2, 0) is 16.0 Å². The highest BCUT2D eigenvalue weighted by Crippen LogP contribution is 2.41. The second-order valence-corrected chi connectivity index (χ2v) is 8.40. The maximum atomic E-state index is 13.2. The molecule has 140 valence electrons. The van der Waals surface area contributed by atoms with Crippen molar-refractivity contribution < 1.29 is 9.59 Å². The smallest absolute Gasteiger partial charge is 0.230 e. The van der Waals surface area contributed by atoms with Gasteiger partial charge in [-0.2, -0.15) is 0 Å². The molecular weight excluding hydrogens is 324 g/mol. The summed E-state index contributed by atoms with van der Waals surface area (Å²) in [5, 5.41) is 0. The minimum absolute atomic E-state index is 0.241. The average molecular weight is 354 g/mol. The molecule has 2 saturated heterocycles. The van der Waals surface area contributed by atoms with Crippen molar-refractivity contribution in [2.75, 3.05) is 26.2 Å². The molecule has 1 aromatic rings. The zero-order valence-electron chi connectivity index (χ0n) is 15.7. The summed E-state index contributed by atoms with van der Waals surface area (Å²) in [4.78, 5) is 29.8. The number of piperidine rings is 1. The standard InChI is InChI=1S/C22H30N2O2/c25-20(19-10-4-11-19)24-16-13-22(17-24)12-6-15-23(21(22)26)14-5-9-18-7-2-1-3-8-18/h1-3,7-8,19H,4-6,9-17H2/t22-/m0/s1. The van der Waals surface area contributed by atoms with E-state index in [1.165, 1.54) is 12.0 Å². The predicted octanol–water partition coefficient (Wildman–Crippen LogP) is 3.26. The van der Waals surface area contributed by atoms with Crippen LogP contribution in [-0.4, -0.2) is 47.8 Å². The molecule has 1 aromatic carbocycles. The molecule has 2 heterocycles. The van der Waals surface area contributed by atoms with Crippen molar-refractivity contribution in [3.8, 4) is 0 Å². The molecule has 3 aliphatic rings. The first-order valence-corrected chi connectivity index (χ1v) is 10.3. The highest BCUT2D eigenvalue weighted by atomic mass is 16.2. The lowest BCUT2D eigenvalue weighted by molar-refractivity contribution is -0.146. The molecule has 0 N–H and O–H groups in total.